The van der Waals surface area contributed by atoms with Crippen LogP contribution in [0.5, 0.6) is 0 Å². The van der Waals surface area contributed by atoms with Gasteiger partial charge in [0.05, 0.1) is 18.1 Å². The maximum Gasteiger partial charge on any atom is 0.254 e. The number of nitrogens with zero attached hydrogens (tertiary/aromatic N) is 2. The third kappa shape index (κ3) is 1.33. The molecule has 21 heavy (non-hydrogen) atoms. The van der Waals surface area contributed by atoms with Crippen molar-refractivity contribution in [2.75, 3.05) is 0 Å². The number of rotatable bonds is 2. The zero-order valence-electron chi connectivity index (χ0n) is 11.3. The predicted octanol–water partition coefficient (Wildman–Crippen LogP) is 2.28. The Balaban J connectivity index is 1.48. The normalized spacial score (nSPS) is 38.2. The van der Waals surface area contributed by atoms with Crippen LogP contribution in [-0.4, -0.2) is 23.0 Å². The van der Waals surface area contributed by atoms with E-state index in [1.165, 1.54) is 12.8 Å². The van der Waals surface area contributed by atoms with E-state index in [9.17, 15) is 9.59 Å². The van der Waals surface area contributed by atoms with Crippen molar-refractivity contribution in [3.63, 3.8) is 0 Å². The lowest BCUT2D eigenvalue weighted by Crippen LogP contribution is -2.30. The molecule has 1 aromatic rings. The minimum absolute atomic E-state index is 0.0964. The van der Waals surface area contributed by atoms with Crippen LogP contribution < -0.4 is 0 Å². The van der Waals surface area contributed by atoms with Crippen molar-refractivity contribution < 1.29 is 9.59 Å². The van der Waals surface area contributed by atoms with Crippen LogP contribution in [0.15, 0.2) is 34.8 Å². The van der Waals surface area contributed by atoms with E-state index in [-0.39, 0.29) is 40.9 Å². The Morgan fingerprint density at radius 2 is 1.86 bits per heavy atom. The molecular weight excluding hydrogens is 284 g/mol. The zero-order valence-corrected chi connectivity index (χ0v) is 12.1. The summed E-state index contributed by atoms with van der Waals surface area (Å²) in [4.78, 5) is 26.2. The fourth-order valence-electron chi connectivity index (χ4n) is 4.66. The summed E-state index contributed by atoms with van der Waals surface area (Å²) < 4.78 is 0. The van der Waals surface area contributed by atoms with Crippen LogP contribution >= 0.6 is 11.3 Å². The molecule has 1 saturated heterocycles. The molecule has 3 fully saturated rings. The Hall–Kier alpha value is -1.75. The van der Waals surface area contributed by atoms with Gasteiger partial charge in [0.1, 0.15) is 0 Å². The van der Waals surface area contributed by atoms with Gasteiger partial charge in [-0.3, -0.25) is 9.59 Å². The Morgan fingerprint density at radius 3 is 2.38 bits per heavy atom. The summed E-state index contributed by atoms with van der Waals surface area (Å²) in [6.07, 6.45) is 8.31. The van der Waals surface area contributed by atoms with Gasteiger partial charge < -0.3 is 0 Å². The van der Waals surface area contributed by atoms with Crippen molar-refractivity contribution in [1.29, 1.82) is 0 Å². The predicted molar refractivity (Wildman–Crippen MR) is 78.5 cm³/mol. The molecule has 106 valence electrons. The van der Waals surface area contributed by atoms with Crippen molar-refractivity contribution >= 4 is 29.4 Å². The van der Waals surface area contributed by atoms with E-state index in [1.807, 2.05) is 17.5 Å². The quantitative estimate of drug-likeness (QED) is 0.478. The van der Waals surface area contributed by atoms with Crippen LogP contribution in [0.2, 0.25) is 0 Å². The molecular formula is C16H14N2O2S. The lowest BCUT2D eigenvalue weighted by atomic mass is 9.85. The molecule has 0 N–H and O–H groups in total. The van der Waals surface area contributed by atoms with Crippen molar-refractivity contribution in [3.05, 3.63) is 34.5 Å². The lowest BCUT2D eigenvalue weighted by molar-refractivity contribution is -0.141. The lowest BCUT2D eigenvalue weighted by Gasteiger charge is -2.18. The van der Waals surface area contributed by atoms with Crippen LogP contribution in [0.25, 0.3) is 0 Å². The minimum atomic E-state index is -0.157. The molecule has 0 aromatic carbocycles. The van der Waals surface area contributed by atoms with Crippen LogP contribution in [0.1, 0.15) is 17.7 Å². The molecule has 0 radical (unpaired) electrons. The Bertz CT molecular complexity index is 668. The van der Waals surface area contributed by atoms with E-state index in [4.69, 9.17) is 0 Å². The molecule has 5 heteroatoms. The average molecular weight is 298 g/mol. The molecule has 4 nitrogen and oxygen atoms in total. The van der Waals surface area contributed by atoms with Gasteiger partial charge in [0.2, 0.25) is 0 Å². The standard InChI is InChI=1S/C16H14N2O2S/c19-14-12-10-3-4-11(16(10)5-6-16)13(12)15(20)18(14)17-8-9-2-1-7-21-9/h1-4,7-8,10-13H,5-6H2/b17-8-/t10-,11+,12-,13-/m0/s1. The number of fused-ring (bicyclic) bond motifs is 3. The molecule has 4 atom stereocenters. The average Bonchev–Trinajstić information content (AvgIpc) is 2.77. The summed E-state index contributed by atoms with van der Waals surface area (Å²) in [6, 6.07) is 3.85. The first kappa shape index (κ1) is 11.9. The molecule has 2 amide bonds. The smallest absolute Gasteiger partial charge is 0.254 e. The molecule has 5 rings (SSSR count). The highest BCUT2D eigenvalue weighted by atomic mass is 32.1. The van der Waals surface area contributed by atoms with E-state index in [0.29, 0.717) is 0 Å². The van der Waals surface area contributed by atoms with Crippen molar-refractivity contribution in [3.8, 4) is 0 Å². The van der Waals surface area contributed by atoms with Crippen LogP contribution in [0.3, 0.4) is 0 Å². The number of imide groups is 1. The number of hydrogen-bond acceptors (Lipinski definition) is 4. The van der Waals surface area contributed by atoms with Gasteiger partial charge in [0.15, 0.2) is 0 Å². The molecule has 2 bridgehead atoms. The zero-order chi connectivity index (χ0) is 14.2. The van der Waals surface area contributed by atoms with E-state index in [0.717, 1.165) is 9.89 Å². The number of hydrazone groups is 1. The monoisotopic (exact) mass is 298 g/mol. The highest BCUT2D eigenvalue weighted by Gasteiger charge is 2.73. The van der Waals surface area contributed by atoms with Gasteiger partial charge in [0.25, 0.3) is 11.8 Å². The van der Waals surface area contributed by atoms with Crippen molar-refractivity contribution in [2.45, 2.75) is 12.8 Å². The van der Waals surface area contributed by atoms with Crippen LogP contribution in [-0.2, 0) is 9.59 Å². The van der Waals surface area contributed by atoms with Gasteiger partial charge in [-0.2, -0.15) is 10.1 Å². The fourth-order valence-corrected chi connectivity index (χ4v) is 5.24. The number of allylic oxidation sites excluding steroid dienone is 2. The maximum absolute atomic E-state index is 12.6. The summed E-state index contributed by atoms with van der Waals surface area (Å²) in [5.41, 5.74) is 0.254. The van der Waals surface area contributed by atoms with E-state index in [2.05, 4.69) is 17.3 Å². The van der Waals surface area contributed by atoms with Crippen molar-refractivity contribution in [1.82, 2.24) is 5.01 Å². The second-order valence-electron chi connectivity index (χ2n) is 6.47. The first-order valence-electron chi connectivity index (χ1n) is 7.36. The third-order valence-electron chi connectivity index (χ3n) is 5.67. The number of thiophene rings is 1. The van der Waals surface area contributed by atoms with Crippen LogP contribution in [0, 0.1) is 29.1 Å². The Morgan fingerprint density at radius 1 is 1.19 bits per heavy atom. The number of carbonyl (C=O) groups excluding carboxylic acids is 2. The summed E-state index contributed by atoms with van der Waals surface area (Å²) in [7, 11) is 0. The van der Waals surface area contributed by atoms with Gasteiger partial charge in [-0.15, -0.1) is 11.3 Å². The Labute approximate surface area is 126 Å². The first-order valence-corrected chi connectivity index (χ1v) is 8.24. The number of amides is 2. The van der Waals surface area contributed by atoms with Gasteiger partial charge in [-0.05, 0) is 41.5 Å². The summed E-state index contributed by atoms with van der Waals surface area (Å²) >= 11 is 1.54. The molecule has 2 saturated carbocycles. The van der Waals surface area contributed by atoms with Gasteiger partial charge in [0, 0.05) is 4.88 Å². The second kappa shape index (κ2) is 3.71. The second-order valence-corrected chi connectivity index (χ2v) is 7.45. The molecule has 3 aliphatic carbocycles. The fraction of sp³-hybridized carbons (Fsp3) is 0.438. The Kier molecular flexibility index (Phi) is 2.10. The van der Waals surface area contributed by atoms with E-state index in [1.54, 1.807) is 17.6 Å². The van der Waals surface area contributed by atoms with E-state index < -0.39 is 0 Å². The molecule has 1 aliphatic heterocycles. The summed E-state index contributed by atoms with van der Waals surface area (Å²) in [5.74, 6) is 0.0320. The molecule has 4 aliphatic rings. The largest absolute Gasteiger partial charge is 0.272 e. The highest BCUT2D eigenvalue weighted by molar-refractivity contribution is 7.11. The number of carbonyl (C=O) groups is 2. The molecule has 1 spiro atoms. The van der Waals surface area contributed by atoms with E-state index >= 15 is 0 Å². The van der Waals surface area contributed by atoms with Crippen LogP contribution in [0.4, 0.5) is 0 Å². The van der Waals surface area contributed by atoms with Gasteiger partial charge in [-0.25, -0.2) is 0 Å². The maximum atomic E-state index is 12.6. The highest BCUT2D eigenvalue weighted by Crippen LogP contribution is 2.73. The summed E-state index contributed by atoms with van der Waals surface area (Å²) in [6.45, 7) is 0. The minimum Gasteiger partial charge on any atom is -0.272 e. The SMILES string of the molecule is O=C1[C@@H]2[C@@H](C(=O)N1/N=C\c1cccs1)[C@@H]1C=C[C@H]2C12CC2. The molecule has 0 unspecified atom stereocenters. The number of hydrogen-bond donors (Lipinski definition) is 0. The third-order valence-corrected chi connectivity index (χ3v) is 6.48. The van der Waals surface area contributed by atoms with Crippen molar-refractivity contribution in [2.24, 2.45) is 34.2 Å². The van der Waals surface area contributed by atoms with Gasteiger partial charge >= 0.3 is 0 Å². The topological polar surface area (TPSA) is 49.7 Å². The van der Waals surface area contributed by atoms with Gasteiger partial charge in [-0.1, -0.05) is 18.2 Å². The summed E-state index contributed by atoms with van der Waals surface area (Å²) in [5, 5.41) is 7.24. The molecule has 1 aromatic heterocycles. The molecule has 2 heterocycles. The first-order chi connectivity index (χ1) is 10.2.